The minimum absolute atomic E-state index is 0.125. The maximum Gasteiger partial charge on any atom is 0.305 e. The van der Waals surface area contributed by atoms with Crippen molar-refractivity contribution in [2.75, 3.05) is 6.61 Å². The second-order valence-corrected chi connectivity index (χ2v) is 4.99. The maximum atomic E-state index is 11.3. The van der Waals surface area contributed by atoms with E-state index in [9.17, 15) is 4.79 Å². The summed E-state index contributed by atoms with van der Waals surface area (Å²) in [6, 6.07) is 8.00. The Morgan fingerprint density at radius 1 is 1.37 bits per heavy atom. The van der Waals surface area contributed by atoms with E-state index in [1.54, 1.807) is 0 Å². The molecule has 4 heteroatoms. The Morgan fingerprint density at radius 2 is 2.16 bits per heavy atom. The van der Waals surface area contributed by atoms with Gasteiger partial charge in [0, 0.05) is 34.6 Å². The molecule has 0 saturated carbocycles. The zero-order chi connectivity index (χ0) is 13.8. The van der Waals surface area contributed by atoms with Gasteiger partial charge in [-0.3, -0.25) is 4.79 Å². The van der Waals surface area contributed by atoms with Crippen LogP contribution in [0, 0.1) is 6.92 Å². The van der Waals surface area contributed by atoms with Crippen molar-refractivity contribution in [3.05, 3.63) is 35.0 Å². The largest absolute Gasteiger partial charge is 0.466 e. The van der Waals surface area contributed by atoms with Gasteiger partial charge in [-0.25, -0.2) is 0 Å². The highest BCUT2D eigenvalue weighted by molar-refractivity contribution is 6.31. The first-order valence-electron chi connectivity index (χ1n) is 6.53. The Morgan fingerprint density at radius 3 is 2.89 bits per heavy atom. The van der Waals surface area contributed by atoms with Crippen LogP contribution in [-0.2, 0) is 16.1 Å². The Kier molecular flexibility index (Phi) is 4.48. The molecule has 0 amide bonds. The summed E-state index contributed by atoms with van der Waals surface area (Å²) in [7, 11) is 0. The van der Waals surface area contributed by atoms with Crippen molar-refractivity contribution in [2.24, 2.45) is 0 Å². The topological polar surface area (TPSA) is 31.2 Å². The van der Waals surface area contributed by atoms with E-state index < -0.39 is 0 Å². The van der Waals surface area contributed by atoms with Crippen LogP contribution < -0.4 is 0 Å². The van der Waals surface area contributed by atoms with Gasteiger partial charge >= 0.3 is 5.97 Å². The predicted octanol–water partition coefficient (Wildman–Crippen LogP) is 3.95. The summed E-state index contributed by atoms with van der Waals surface area (Å²) in [6.45, 7) is 5.15. The quantitative estimate of drug-likeness (QED) is 0.776. The number of aryl methyl sites for hydroxylation is 2. The van der Waals surface area contributed by atoms with Crippen molar-refractivity contribution in [2.45, 2.75) is 33.2 Å². The van der Waals surface area contributed by atoms with E-state index in [-0.39, 0.29) is 5.97 Å². The molecule has 0 atom stereocenters. The van der Waals surface area contributed by atoms with E-state index in [2.05, 4.69) is 17.6 Å². The van der Waals surface area contributed by atoms with Crippen molar-refractivity contribution in [1.29, 1.82) is 0 Å². The van der Waals surface area contributed by atoms with Gasteiger partial charge in [0.2, 0.25) is 0 Å². The Hall–Kier alpha value is -1.48. The van der Waals surface area contributed by atoms with E-state index in [1.165, 1.54) is 5.69 Å². The number of carbonyl (C=O) groups excluding carboxylic acids is 1. The molecule has 0 radical (unpaired) electrons. The zero-order valence-corrected chi connectivity index (χ0v) is 12.0. The van der Waals surface area contributed by atoms with Crippen molar-refractivity contribution in [1.82, 2.24) is 4.57 Å². The van der Waals surface area contributed by atoms with Gasteiger partial charge in [0.05, 0.1) is 6.61 Å². The predicted molar refractivity (Wildman–Crippen MR) is 77.6 cm³/mol. The molecule has 0 saturated heterocycles. The molecule has 2 aromatic rings. The van der Waals surface area contributed by atoms with Gasteiger partial charge in [0.15, 0.2) is 0 Å². The summed E-state index contributed by atoms with van der Waals surface area (Å²) < 4.78 is 7.14. The van der Waals surface area contributed by atoms with Gasteiger partial charge in [-0.1, -0.05) is 11.6 Å². The van der Waals surface area contributed by atoms with Crippen LogP contribution in [-0.4, -0.2) is 17.1 Å². The molecule has 0 unspecified atom stereocenters. The van der Waals surface area contributed by atoms with Crippen molar-refractivity contribution < 1.29 is 9.53 Å². The minimum Gasteiger partial charge on any atom is -0.466 e. The number of rotatable bonds is 5. The third-order valence-corrected chi connectivity index (χ3v) is 3.37. The van der Waals surface area contributed by atoms with Crippen LogP contribution >= 0.6 is 11.6 Å². The molecule has 0 bridgehead atoms. The van der Waals surface area contributed by atoms with Gasteiger partial charge in [0.1, 0.15) is 0 Å². The van der Waals surface area contributed by atoms with Crippen molar-refractivity contribution >= 4 is 28.5 Å². The molecule has 3 nitrogen and oxygen atoms in total. The van der Waals surface area contributed by atoms with E-state index in [1.807, 2.05) is 25.1 Å². The molecule has 19 heavy (non-hydrogen) atoms. The normalized spacial score (nSPS) is 10.9. The molecule has 0 aliphatic carbocycles. The number of hydrogen-bond acceptors (Lipinski definition) is 2. The number of benzene rings is 1. The molecule has 0 spiro atoms. The average Bonchev–Trinajstić information content (AvgIpc) is 2.65. The Balaban J connectivity index is 2.08. The number of halogens is 1. The van der Waals surface area contributed by atoms with Gasteiger partial charge in [-0.05, 0) is 44.5 Å². The molecule has 1 heterocycles. The first-order chi connectivity index (χ1) is 9.11. The highest BCUT2D eigenvalue weighted by Crippen LogP contribution is 2.23. The van der Waals surface area contributed by atoms with Crippen molar-refractivity contribution in [3.8, 4) is 0 Å². The average molecular weight is 280 g/mol. The highest BCUT2D eigenvalue weighted by Gasteiger charge is 2.07. The second kappa shape index (κ2) is 6.11. The number of aromatic nitrogens is 1. The van der Waals surface area contributed by atoms with Gasteiger partial charge in [0.25, 0.3) is 0 Å². The highest BCUT2D eigenvalue weighted by atomic mass is 35.5. The number of esters is 1. The molecule has 0 fully saturated rings. The van der Waals surface area contributed by atoms with Crippen LogP contribution in [0.3, 0.4) is 0 Å². The van der Waals surface area contributed by atoms with Crippen LogP contribution in [0.25, 0.3) is 10.9 Å². The monoisotopic (exact) mass is 279 g/mol. The summed E-state index contributed by atoms with van der Waals surface area (Å²) in [4.78, 5) is 11.3. The molecule has 0 aliphatic rings. The van der Waals surface area contributed by atoms with Crippen LogP contribution in [0.2, 0.25) is 5.02 Å². The van der Waals surface area contributed by atoms with Crippen LogP contribution in [0.4, 0.5) is 0 Å². The smallest absolute Gasteiger partial charge is 0.305 e. The molecular weight excluding hydrogens is 262 g/mol. The van der Waals surface area contributed by atoms with Gasteiger partial charge in [-0.2, -0.15) is 0 Å². The van der Waals surface area contributed by atoms with E-state index in [0.717, 1.165) is 28.9 Å². The molecule has 1 aromatic heterocycles. The van der Waals surface area contributed by atoms with Crippen LogP contribution in [0.5, 0.6) is 0 Å². The van der Waals surface area contributed by atoms with E-state index in [4.69, 9.17) is 16.3 Å². The third-order valence-electron chi connectivity index (χ3n) is 3.14. The molecular formula is C15H18ClNO2. The van der Waals surface area contributed by atoms with E-state index >= 15 is 0 Å². The molecule has 0 N–H and O–H groups in total. The molecule has 2 rings (SSSR count). The molecule has 0 aliphatic heterocycles. The molecule has 102 valence electrons. The summed E-state index contributed by atoms with van der Waals surface area (Å²) >= 11 is 5.99. The lowest BCUT2D eigenvalue weighted by Gasteiger charge is -2.08. The minimum atomic E-state index is -0.125. The lowest BCUT2D eigenvalue weighted by atomic mass is 10.2. The summed E-state index contributed by atoms with van der Waals surface area (Å²) in [5.41, 5.74) is 2.34. The summed E-state index contributed by atoms with van der Waals surface area (Å²) in [5, 5.41) is 1.89. The standard InChI is InChI=1S/C15H18ClNO2/c1-3-19-15(18)5-4-8-17-11(2)9-12-10-13(16)6-7-14(12)17/h6-7,9-10H,3-5,8H2,1-2H3. The lowest BCUT2D eigenvalue weighted by molar-refractivity contribution is -0.143. The first-order valence-corrected chi connectivity index (χ1v) is 6.90. The number of carbonyl (C=O) groups is 1. The Labute approximate surface area is 118 Å². The Bertz CT molecular complexity index is 589. The number of nitrogens with zero attached hydrogens (tertiary/aromatic N) is 1. The van der Waals surface area contributed by atoms with Gasteiger partial charge in [-0.15, -0.1) is 0 Å². The van der Waals surface area contributed by atoms with Gasteiger partial charge < -0.3 is 9.30 Å². The third kappa shape index (κ3) is 3.29. The fraction of sp³-hybridized carbons (Fsp3) is 0.400. The summed E-state index contributed by atoms with van der Waals surface area (Å²) in [5.74, 6) is -0.125. The SMILES string of the molecule is CCOC(=O)CCCn1c(C)cc2cc(Cl)ccc21. The first kappa shape index (κ1) is 13.9. The van der Waals surface area contributed by atoms with Crippen LogP contribution in [0.15, 0.2) is 24.3 Å². The van der Waals surface area contributed by atoms with Crippen LogP contribution in [0.1, 0.15) is 25.5 Å². The summed E-state index contributed by atoms with van der Waals surface area (Å²) in [6.07, 6.45) is 1.24. The molecule has 1 aromatic carbocycles. The fourth-order valence-corrected chi connectivity index (χ4v) is 2.47. The van der Waals surface area contributed by atoms with E-state index in [0.29, 0.717) is 13.0 Å². The maximum absolute atomic E-state index is 11.3. The zero-order valence-electron chi connectivity index (χ0n) is 11.3. The number of hydrogen-bond donors (Lipinski definition) is 0. The number of fused-ring (bicyclic) bond motifs is 1. The lowest BCUT2D eigenvalue weighted by Crippen LogP contribution is -2.07. The van der Waals surface area contributed by atoms with Crippen molar-refractivity contribution in [3.63, 3.8) is 0 Å². The fourth-order valence-electron chi connectivity index (χ4n) is 2.29. The number of ether oxygens (including phenoxy) is 1. The second-order valence-electron chi connectivity index (χ2n) is 4.55.